The van der Waals surface area contributed by atoms with Crippen LogP contribution in [0, 0.1) is 6.92 Å². The number of thioether (sulfide) groups is 1. The molecule has 2 N–H and O–H groups in total. The fraction of sp³-hybridized carbons (Fsp3) is 0.294. The van der Waals surface area contributed by atoms with Crippen LogP contribution in [0.4, 0.5) is 0 Å². The van der Waals surface area contributed by atoms with E-state index in [4.69, 9.17) is 5.73 Å². The molecule has 0 radical (unpaired) electrons. The molecule has 2 atom stereocenters. The van der Waals surface area contributed by atoms with Gasteiger partial charge in [-0.2, -0.15) is 0 Å². The largest absolute Gasteiger partial charge is 0.326 e. The Hall–Kier alpha value is -1.25. The number of aryl methyl sites for hydroxylation is 1. The van der Waals surface area contributed by atoms with Crippen molar-refractivity contribution in [2.45, 2.75) is 36.5 Å². The van der Waals surface area contributed by atoms with E-state index in [1.54, 1.807) is 0 Å². The van der Waals surface area contributed by atoms with E-state index in [1.807, 2.05) is 17.8 Å². The fourth-order valence-corrected chi connectivity index (χ4v) is 3.51. The predicted molar refractivity (Wildman–Crippen MR) is 84.5 cm³/mol. The molecule has 2 rings (SSSR count). The molecule has 0 spiro atoms. The normalized spacial score (nSPS) is 14.1. The molecule has 0 bridgehead atoms. The van der Waals surface area contributed by atoms with E-state index in [0.717, 1.165) is 6.42 Å². The average molecular weight is 271 g/mol. The summed E-state index contributed by atoms with van der Waals surface area (Å²) in [4.78, 5) is 1.28. The maximum atomic E-state index is 6.35. The second-order valence-corrected chi connectivity index (χ2v) is 6.00. The van der Waals surface area contributed by atoms with Gasteiger partial charge in [0.1, 0.15) is 0 Å². The number of benzene rings is 2. The third-order valence-corrected chi connectivity index (χ3v) is 4.76. The van der Waals surface area contributed by atoms with Gasteiger partial charge in [0.25, 0.3) is 0 Å². The Labute approximate surface area is 120 Å². The molecule has 2 aromatic rings. The SMILES string of the molecule is CCC(N)C(Sc1ccccc1)c1ccccc1C. The Morgan fingerprint density at radius 1 is 1.00 bits per heavy atom. The van der Waals surface area contributed by atoms with E-state index in [-0.39, 0.29) is 6.04 Å². The van der Waals surface area contributed by atoms with E-state index in [9.17, 15) is 0 Å². The Bertz CT molecular complexity index is 510. The van der Waals surface area contributed by atoms with Gasteiger partial charge in [-0.3, -0.25) is 0 Å². The van der Waals surface area contributed by atoms with Gasteiger partial charge in [0.2, 0.25) is 0 Å². The lowest BCUT2D eigenvalue weighted by Gasteiger charge is -2.24. The highest BCUT2D eigenvalue weighted by Crippen LogP contribution is 2.39. The number of rotatable bonds is 5. The summed E-state index contributed by atoms with van der Waals surface area (Å²) in [7, 11) is 0. The molecule has 2 heteroatoms. The van der Waals surface area contributed by atoms with Gasteiger partial charge in [-0.25, -0.2) is 0 Å². The van der Waals surface area contributed by atoms with E-state index in [1.165, 1.54) is 16.0 Å². The van der Waals surface area contributed by atoms with Crippen molar-refractivity contribution in [3.8, 4) is 0 Å². The third-order valence-electron chi connectivity index (χ3n) is 3.36. The van der Waals surface area contributed by atoms with Crippen molar-refractivity contribution in [1.29, 1.82) is 0 Å². The first-order valence-corrected chi connectivity index (χ1v) is 7.63. The zero-order valence-electron chi connectivity index (χ0n) is 11.5. The molecule has 0 heterocycles. The van der Waals surface area contributed by atoms with Gasteiger partial charge in [-0.1, -0.05) is 49.4 Å². The molecule has 0 aliphatic rings. The topological polar surface area (TPSA) is 26.0 Å². The van der Waals surface area contributed by atoms with Gasteiger partial charge < -0.3 is 5.73 Å². The van der Waals surface area contributed by atoms with Crippen LogP contribution in [0.3, 0.4) is 0 Å². The Morgan fingerprint density at radius 2 is 1.63 bits per heavy atom. The van der Waals surface area contributed by atoms with Crippen LogP contribution < -0.4 is 5.73 Å². The number of hydrogen-bond acceptors (Lipinski definition) is 2. The summed E-state index contributed by atoms with van der Waals surface area (Å²) in [6.07, 6.45) is 0.985. The Morgan fingerprint density at radius 3 is 2.26 bits per heavy atom. The molecule has 0 aliphatic heterocycles. The molecule has 0 aliphatic carbocycles. The van der Waals surface area contributed by atoms with E-state index < -0.39 is 0 Å². The van der Waals surface area contributed by atoms with Gasteiger partial charge in [0.15, 0.2) is 0 Å². The summed E-state index contributed by atoms with van der Waals surface area (Å²) in [6, 6.07) is 19.2. The molecule has 0 saturated heterocycles. The van der Waals surface area contributed by atoms with Crippen LogP contribution >= 0.6 is 11.8 Å². The second-order valence-electron chi connectivity index (χ2n) is 4.78. The molecule has 2 aromatic carbocycles. The van der Waals surface area contributed by atoms with Gasteiger partial charge in [0.05, 0.1) is 0 Å². The molecule has 0 aromatic heterocycles. The van der Waals surface area contributed by atoms with Crippen molar-refractivity contribution in [2.75, 3.05) is 0 Å². The van der Waals surface area contributed by atoms with E-state index in [2.05, 4.69) is 62.4 Å². The van der Waals surface area contributed by atoms with Crippen LogP contribution in [0.1, 0.15) is 29.7 Å². The lowest BCUT2D eigenvalue weighted by atomic mass is 10.00. The average Bonchev–Trinajstić information content (AvgIpc) is 2.46. The van der Waals surface area contributed by atoms with Crippen molar-refractivity contribution < 1.29 is 0 Å². The molecule has 0 amide bonds. The first kappa shape index (κ1) is 14.2. The Kier molecular flexibility index (Phi) is 5.06. The first-order valence-electron chi connectivity index (χ1n) is 6.75. The summed E-state index contributed by atoms with van der Waals surface area (Å²) >= 11 is 1.86. The molecule has 0 fully saturated rings. The van der Waals surface area contributed by atoms with Gasteiger partial charge in [-0.15, -0.1) is 11.8 Å². The first-order chi connectivity index (χ1) is 9.22. The lowest BCUT2D eigenvalue weighted by Crippen LogP contribution is -2.26. The zero-order valence-corrected chi connectivity index (χ0v) is 12.4. The maximum Gasteiger partial charge on any atom is 0.0498 e. The number of nitrogens with two attached hydrogens (primary N) is 1. The summed E-state index contributed by atoms with van der Waals surface area (Å²) < 4.78 is 0. The third kappa shape index (κ3) is 3.62. The molecule has 19 heavy (non-hydrogen) atoms. The van der Waals surface area contributed by atoms with Crippen molar-refractivity contribution in [2.24, 2.45) is 5.73 Å². The Balaban J connectivity index is 2.29. The van der Waals surface area contributed by atoms with Gasteiger partial charge in [-0.05, 0) is 36.6 Å². The van der Waals surface area contributed by atoms with Crippen molar-refractivity contribution >= 4 is 11.8 Å². The van der Waals surface area contributed by atoms with Crippen LogP contribution in [0.15, 0.2) is 59.5 Å². The van der Waals surface area contributed by atoms with Crippen LogP contribution in [0.25, 0.3) is 0 Å². The molecule has 2 unspecified atom stereocenters. The quantitative estimate of drug-likeness (QED) is 0.806. The van der Waals surface area contributed by atoms with Gasteiger partial charge in [0, 0.05) is 16.2 Å². The predicted octanol–water partition coefficient (Wildman–Crippen LogP) is 4.57. The van der Waals surface area contributed by atoms with Crippen LogP contribution in [-0.2, 0) is 0 Å². The number of hydrogen-bond donors (Lipinski definition) is 1. The highest BCUT2D eigenvalue weighted by atomic mass is 32.2. The van der Waals surface area contributed by atoms with E-state index >= 15 is 0 Å². The van der Waals surface area contributed by atoms with Crippen molar-refractivity contribution in [3.05, 3.63) is 65.7 Å². The maximum absolute atomic E-state index is 6.35. The highest BCUT2D eigenvalue weighted by molar-refractivity contribution is 7.99. The molecule has 100 valence electrons. The smallest absolute Gasteiger partial charge is 0.0498 e. The molecular formula is C17H21NS. The van der Waals surface area contributed by atoms with E-state index in [0.29, 0.717) is 5.25 Å². The summed E-state index contributed by atoms with van der Waals surface area (Å²) in [5.41, 5.74) is 9.02. The van der Waals surface area contributed by atoms with Crippen LogP contribution in [-0.4, -0.2) is 6.04 Å². The molecule has 1 nitrogen and oxygen atoms in total. The highest BCUT2D eigenvalue weighted by Gasteiger charge is 2.21. The fourth-order valence-electron chi connectivity index (χ4n) is 2.15. The standard InChI is InChI=1S/C17H21NS/c1-3-16(18)17(15-12-8-7-9-13(15)2)19-14-10-5-4-6-11-14/h4-12,16-17H,3,18H2,1-2H3. The van der Waals surface area contributed by atoms with Crippen LogP contribution in [0.2, 0.25) is 0 Å². The lowest BCUT2D eigenvalue weighted by molar-refractivity contribution is 0.632. The molecular weight excluding hydrogens is 250 g/mol. The second kappa shape index (κ2) is 6.78. The van der Waals surface area contributed by atoms with Crippen molar-refractivity contribution in [3.63, 3.8) is 0 Å². The van der Waals surface area contributed by atoms with Gasteiger partial charge >= 0.3 is 0 Å². The zero-order chi connectivity index (χ0) is 13.7. The minimum absolute atomic E-state index is 0.173. The summed E-state index contributed by atoms with van der Waals surface area (Å²) in [5.74, 6) is 0. The minimum Gasteiger partial charge on any atom is -0.326 e. The van der Waals surface area contributed by atoms with Crippen molar-refractivity contribution in [1.82, 2.24) is 0 Å². The summed E-state index contributed by atoms with van der Waals surface area (Å²) in [6.45, 7) is 4.32. The summed E-state index contributed by atoms with van der Waals surface area (Å²) in [5, 5.41) is 0.314. The minimum atomic E-state index is 0.173. The molecule has 0 saturated carbocycles. The van der Waals surface area contributed by atoms with Crippen LogP contribution in [0.5, 0.6) is 0 Å². The monoisotopic (exact) mass is 271 g/mol.